The quantitative estimate of drug-likeness (QED) is 0.621. The molecule has 0 aliphatic carbocycles. The molecule has 0 aliphatic heterocycles. The largest absolute Gasteiger partial charge is 0.480 e. The van der Waals surface area contributed by atoms with Gasteiger partial charge < -0.3 is 20.7 Å². The van der Waals surface area contributed by atoms with E-state index >= 15 is 0 Å². The third-order valence-electron chi connectivity index (χ3n) is 3.99. The Morgan fingerprint density at radius 2 is 2.12 bits per heavy atom. The van der Waals surface area contributed by atoms with Crippen LogP contribution in [0, 0.1) is 0 Å². The van der Waals surface area contributed by atoms with Gasteiger partial charge in [0.25, 0.3) is 0 Å². The van der Waals surface area contributed by atoms with Crippen LogP contribution in [0.5, 0.6) is 5.88 Å². The fourth-order valence-corrected chi connectivity index (χ4v) is 2.47. The molecule has 0 aliphatic rings. The van der Waals surface area contributed by atoms with Crippen LogP contribution >= 0.6 is 0 Å². The van der Waals surface area contributed by atoms with Gasteiger partial charge in [-0.05, 0) is 32.0 Å². The highest BCUT2D eigenvalue weighted by Crippen LogP contribution is 2.25. The van der Waals surface area contributed by atoms with Crippen LogP contribution in [0.4, 0.5) is 0 Å². The molecular weight excluding hydrogens is 338 g/mol. The first kappa shape index (κ1) is 17.8. The van der Waals surface area contributed by atoms with E-state index in [4.69, 9.17) is 10.5 Å². The van der Waals surface area contributed by atoms with Gasteiger partial charge in [-0.2, -0.15) is 5.10 Å². The van der Waals surface area contributed by atoms with Crippen LogP contribution in [-0.4, -0.2) is 48.5 Å². The van der Waals surface area contributed by atoms with Crippen LogP contribution in [0.2, 0.25) is 0 Å². The monoisotopic (exact) mass is 357 g/mol. The molecule has 1 unspecified atom stereocenters. The maximum Gasteiger partial charge on any atom is 0.341 e. The maximum atomic E-state index is 11.4. The van der Waals surface area contributed by atoms with Gasteiger partial charge in [0.1, 0.15) is 5.56 Å². The second-order valence-corrected chi connectivity index (χ2v) is 6.40. The highest BCUT2D eigenvalue weighted by molar-refractivity contribution is 5.91. The fraction of sp³-hybridized carbons (Fsp3) is 0.294. The van der Waals surface area contributed by atoms with Gasteiger partial charge in [0.2, 0.25) is 5.88 Å². The first-order valence-electron chi connectivity index (χ1n) is 7.82. The van der Waals surface area contributed by atoms with Crippen molar-refractivity contribution in [2.75, 3.05) is 7.11 Å². The van der Waals surface area contributed by atoms with Crippen LogP contribution in [0.1, 0.15) is 35.9 Å². The van der Waals surface area contributed by atoms with Crippen molar-refractivity contribution in [2.24, 2.45) is 5.73 Å². The standard InChI is InChI=1S/C17H19N5O4/c1-17(2,25)14(18)12-8-22-13(20-12)5-4-11(21-22)9-6-10(16(23)24)15(26-3)19-7-9/h4-8,14,25H,18H2,1-3H3,(H,23,24). The lowest BCUT2D eigenvalue weighted by molar-refractivity contribution is 0.0504. The van der Waals surface area contributed by atoms with Gasteiger partial charge >= 0.3 is 5.97 Å². The number of nitrogens with two attached hydrogens (primary N) is 1. The Labute approximate surface area is 149 Å². The Morgan fingerprint density at radius 3 is 2.73 bits per heavy atom. The summed E-state index contributed by atoms with van der Waals surface area (Å²) in [5.74, 6) is -1.11. The number of aliphatic hydroxyl groups is 1. The van der Waals surface area contributed by atoms with Crippen LogP contribution < -0.4 is 10.5 Å². The van der Waals surface area contributed by atoms with E-state index in [0.717, 1.165) is 0 Å². The average Bonchev–Trinajstić information content (AvgIpc) is 3.02. The highest BCUT2D eigenvalue weighted by Gasteiger charge is 2.27. The van der Waals surface area contributed by atoms with E-state index in [1.807, 2.05) is 0 Å². The zero-order valence-corrected chi connectivity index (χ0v) is 14.5. The predicted molar refractivity (Wildman–Crippen MR) is 93.0 cm³/mol. The third kappa shape index (κ3) is 3.22. The number of aromatic nitrogens is 4. The van der Waals surface area contributed by atoms with Crippen LogP contribution in [0.15, 0.2) is 30.6 Å². The molecule has 0 saturated heterocycles. The van der Waals surface area contributed by atoms with Gasteiger partial charge in [0.15, 0.2) is 5.65 Å². The highest BCUT2D eigenvalue weighted by atomic mass is 16.5. The van der Waals surface area contributed by atoms with Gasteiger partial charge in [-0.15, -0.1) is 0 Å². The number of hydrogen-bond acceptors (Lipinski definition) is 7. The Morgan fingerprint density at radius 1 is 1.38 bits per heavy atom. The van der Waals surface area contributed by atoms with Gasteiger partial charge in [-0.3, -0.25) is 0 Å². The van der Waals surface area contributed by atoms with E-state index in [0.29, 0.717) is 22.6 Å². The summed E-state index contributed by atoms with van der Waals surface area (Å²) in [6, 6.07) is 4.21. The van der Waals surface area contributed by atoms with E-state index < -0.39 is 17.6 Å². The lowest BCUT2D eigenvalue weighted by Gasteiger charge is -2.23. The third-order valence-corrected chi connectivity index (χ3v) is 3.99. The number of carbonyl (C=O) groups is 1. The molecule has 9 nitrogen and oxygen atoms in total. The number of carboxylic acid groups (broad SMARTS) is 1. The van der Waals surface area contributed by atoms with Gasteiger partial charge in [0.05, 0.1) is 36.3 Å². The number of aromatic carboxylic acids is 1. The minimum absolute atomic E-state index is 0.0309. The van der Waals surface area contributed by atoms with Gasteiger partial charge in [0, 0.05) is 11.8 Å². The number of fused-ring (bicyclic) bond motifs is 1. The van der Waals surface area contributed by atoms with Crippen molar-refractivity contribution >= 4 is 11.6 Å². The fourth-order valence-electron chi connectivity index (χ4n) is 2.47. The summed E-state index contributed by atoms with van der Waals surface area (Å²) in [6.45, 7) is 3.22. The van der Waals surface area contributed by atoms with Crippen molar-refractivity contribution < 1.29 is 19.7 Å². The molecule has 3 rings (SSSR count). The number of hydrogen-bond donors (Lipinski definition) is 3. The van der Waals surface area contributed by atoms with E-state index in [9.17, 15) is 15.0 Å². The number of ether oxygens (including phenoxy) is 1. The molecule has 26 heavy (non-hydrogen) atoms. The summed E-state index contributed by atoms with van der Waals surface area (Å²) in [4.78, 5) is 19.7. The second kappa shape index (κ2) is 6.36. The molecule has 0 amide bonds. The Balaban J connectivity index is 2.04. The number of methoxy groups -OCH3 is 1. The number of imidazole rings is 1. The summed E-state index contributed by atoms with van der Waals surface area (Å²) in [7, 11) is 1.36. The Kier molecular flexibility index (Phi) is 4.34. The van der Waals surface area contributed by atoms with Gasteiger partial charge in [-0.1, -0.05) is 0 Å². The summed E-state index contributed by atoms with van der Waals surface area (Å²) >= 11 is 0. The van der Waals surface area contributed by atoms with Crippen molar-refractivity contribution in [1.82, 2.24) is 19.6 Å². The molecule has 136 valence electrons. The molecule has 3 aromatic heterocycles. The number of carboxylic acids is 1. The topological polar surface area (TPSA) is 136 Å². The van der Waals surface area contributed by atoms with E-state index in [1.165, 1.54) is 23.9 Å². The lowest BCUT2D eigenvalue weighted by atomic mass is 9.98. The first-order valence-corrected chi connectivity index (χ1v) is 7.82. The van der Waals surface area contributed by atoms with Crippen LogP contribution in [0.3, 0.4) is 0 Å². The molecule has 0 spiro atoms. The molecule has 4 N–H and O–H groups in total. The zero-order valence-electron chi connectivity index (χ0n) is 14.5. The molecule has 0 radical (unpaired) electrons. The zero-order chi connectivity index (χ0) is 19.1. The van der Waals surface area contributed by atoms with Crippen molar-refractivity contribution in [3.63, 3.8) is 0 Å². The lowest BCUT2D eigenvalue weighted by Crippen LogP contribution is -2.35. The van der Waals surface area contributed by atoms with E-state index in [-0.39, 0.29) is 11.4 Å². The molecule has 0 bridgehead atoms. The molecule has 9 heteroatoms. The van der Waals surface area contributed by atoms with Crippen molar-refractivity contribution in [1.29, 1.82) is 0 Å². The molecule has 0 aromatic carbocycles. The minimum atomic E-state index is -1.14. The SMILES string of the molecule is COc1ncc(-c2ccc3nc(C(N)C(C)(C)O)cn3n2)cc1C(=O)O. The summed E-state index contributed by atoms with van der Waals surface area (Å²) in [6.07, 6.45) is 3.12. The first-order chi connectivity index (χ1) is 12.2. The van der Waals surface area contributed by atoms with Crippen LogP contribution in [0.25, 0.3) is 16.9 Å². The maximum absolute atomic E-state index is 11.4. The second-order valence-electron chi connectivity index (χ2n) is 6.40. The minimum Gasteiger partial charge on any atom is -0.480 e. The van der Waals surface area contributed by atoms with Crippen molar-refractivity contribution in [3.8, 4) is 17.1 Å². The number of pyridine rings is 1. The predicted octanol–water partition coefficient (Wildman–Crippen LogP) is 1.27. The molecule has 1 atom stereocenters. The normalized spacial score (nSPS) is 13.0. The summed E-state index contributed by atoms with van der Waals surface area (Å²) in [5, 5.41) is 23.8. The Bertz CT molecular complexity index is 977. The van der Waals surface area contributed by atoms with E-state index in [1.54, 1.807) is 32.2 Å². The number of nitrogens with zero attached hydrogens (tertiary/aromatic N) is 4. The summed E-state index contributed by atoms with van der Waals surface area (Å²) < 4.78 is 6.49. The van der Waals surface area contributed by atoms with Crippen molar-refractivity contribution in [2.45, 2.75) is 25.5 Å². The number of rotatable bonds is 5. The molecular formula is C17H19N5O4. The molecule has 3 aromatic rings. The average molecular weight is 357 g/mol. The summed E-state index contributed by atoms with van der Waals surface area (Å²) in [5.41, 5.74) is 6.94. The molecule has 0 saturated carbocycles. The van der Waals surface area contributed by atoms with Gasteiger partial charge in [-0.25, -0.2) is 19.3 Å². The van der Waals surface area contributed by atoms with E-state index in [2.05, 4.69) is 15.1 Å². The smallest absolute Gasteiger partial charge is 0.341 e. The van der Waals surface area contributed by atoms with Crippen molar-refractivity contribution in [3.05, 3.63) is 41.9 Å². The van der Waals surface area contributed by atoms with Crippen LogP contribution in [-0.2, 0) is 0 Å². The molecule has 0 fully saturated rings. The molecule has 3 heterocycles. The Hall–Kier alpha value is -3.04.